The molecular weight excluding hydrogens is 244 g/mol. The molecular formula is C13H28N4O2. The van der Waals surface area contributed by atoms with E-state index in [-0.39, 0.29) is 11.8 Å². The molecule has 0 aromatic carbocycles. The Labute approximate surface area is 115 Å². The second-order valence-corrected chi connectivity index (χ2v) is 5.47. The SMILES string of the molecule is CCCCC(NC(N)=O)C(=O)NC(C)(CN)C(C)C. The molecule has 0 heterocycles. The third kappa shape index (κ3) is 5.92. The molecule has 0 spiro atoms. The van der Waals surface area contributed by atoms with Crippen LogP contribution >= 0.6 is 0 Å². The Balaban J connectivity index is 4.74. The molecule has 6 N–H and O–H groups in total. The lowest BCUT2D eigenvalue weighted by Gasteiger charge is -2.35. The van der Waals surface area contributed by atoms with E-state index in [1.807, 2.05) is 27.7 Å². The lowest BCUT2D eigenvalue weighted by Crippen LogP contribution is -2.60. The van der Waals surface area contributed by atoms with Gasteiger partial charge in [-0.05, 0) is 19.3 Å². The maximum absolute atomic E-state index is 12.2. The molecule has 0 aliphatic rings. The summed E-state index contributed by atoms with van der Waals surface area (Å²) in [5.74, 6) is -0.0317. The number of rotatable bonds is 8. The van der Waals surface area contributed by atoms with Crippen molar-refractivity contribution in [1.29, 1.82) is 0 Å². The summed E-state index contributed by atoms with van der Waals surface area (Å²) in [6.07, 6.45) is 2.37. The van der Waals surface area contributed by atoms with Crippen molar-refractivity contribution in [2.75, 3.05) is 6.54 Å². The number of nitrogens with one attached hydrogen (secondary N) is 2. The first-order chi connectivity index (χ1) is 8.76. The van der Waals surface area contributed by atoms with Gasteiger partial charge in [-0.3, -0.25) is 4.79 Å². The van der Waals surface area contributed by atoms with E-state index in [9.17, 15) is 9.59 Å². The lowest BCUT2D eigenvalue weighted by atomic mass is 9.88. The van der Waals surface area contributed by atoms with Gasteiger partial charge < -0.3 is 22.1 Å². The van der Waals surface area contributed by atoms with E-state index in [4.69, 9.17) is 11.5 Å². The summed E-state index contributed by atoms with van der Waals surface area (Å²) in [5.41, 5.74) is 10.3. The third-order valence-corrected chi connectivity index (χ3v) is 3.59. The Kier molecular flexibility index (Phi) is 7.44. The monoisotopic (exact) mass is 272 g/mol. The summed E-state index contributed by atoms with van der Waals surface area (Å²) in [4.78, 5) is 23.2. The van der Waals surface area contributed by atoms with Crippen molar-refractivity contribution >= 4 is 11.9 Å². The highest BCUT2D eigenvalue weighted by atomic mass is 16.2. The summed E-state index contributed by atoms with van der Waals surface area (Å²) in [6.45, 7) is 8.26. The first kappa shape index (κ1) is 17.7. The van der Waals surface area contributed by atoms with E-state index >= 15 is 0 Å². The van der Waals surface area contributed by atoms with Crippen LogP contribution < -0.4 is 22.1 Å². The van der Waals surface area contributed by atoms with E-state index in [0.29, 0.717) is 13.0 Å². The average molecular weight is 272 g/mol. The number of carbonyl (C=O) groups excluding carboxylic acids is 2. The maximum Gasteiger partial charge on any atom is 0.312 e. The Bertz CT molecular complexity index is 307. The van der Waals surface area contributed by atoms with Gasteiger partial charge in [-0.15, -0.1) is 0 Å². The molecule has 0 radical (unpaired) electrons. The van der Waals surface area contributed by atoms with E-state index in [2.05, 4.69) is 10.6 Å². The number of unbranched alkanes of at least 4 members (excludes halogenated alkanes) is 1. The predicted molar refractivity (Wildman–Crippen MR) is 76.5 cm³/mol. The molecule has 3 amide bonds. The Morgan fingerprint density at radius 3 is 2.26 bits per heavy atom. The first-order valence-electron chi connectivity index (χ1n) is 6.84. The first-order valence-corrected chi connectivity index (χ1v) is 6.84. The standard InChI is InChI=1S/C13H28N4O2/c1-5-6-7-10(16-12(15)19)11(18)17-13(4,8-14)9(2)3/h9-10H,5-8,14H2,1-4H3,(H,17,18)(H3,15,16,19). The van der Waals surface area contributed by atoms with Gasteiger partial charge in [0.1, 0.15) is 6.04 Å². The highest BCUT2D eigenvalue weighted by molar-refractivity contribution is 5.87. The second kappa shape index (κ2) is 7.99. The zero-order valence-electron chi connectivity index (χ0n) is 12.5. The van der Waals surface area contributed by atoms with Gasteiger partial charge in [0, 0.05) is 6.54 Å². The molecule has 0 saturated carbocycles. The second-order valence-electron chi connectivity index (χ2n) is 5.47. The van der Waals surface area contributed by atoms with Crippen LogP contribution in [0, 0.1) is 5.92 Å². The molecule has 0 rings (SSSR count). The Morgan fingerprint density at radius 1 is 1.32 bits per heavy atom. The largest absolute Gasteiger partial charge is 0.352 e. The fraction of sp³-hybridized carbons (Fsp3) is 0.846. The molecule has 2 atom stereocenters. The summed E-state index contributed by atoms with van der Waals surface area (Å²) in [6, 6.07) is -1.28. The van der Waals surface area contributed by atoms with Crippen molar-refractivity contribution in [3.05, 3.63) is 0 Å². The minimum Gasteiger partial charge on any atom is -0.352 e. The number of primary amides is 1. The van der Waals surface area contributed by atoms with Crippen LogP contribution in [-0.2, 0) is 4.79 Å². The summed E-state index contributed by atoms with van der Waals surface area (Å²) >= 11 is 0. The number of hydrogen-bond acceptors (Lipinski definition) is 3. The van der Waals surface area contributed by atoms with Crippen molar-refractivity contribution in [3.63, 3.8) is 0 Å². The summed E-state index contributed by atoms with van der Waals surface area (Å²) in [5, 5.41) is 5.41. The van der Waals surface area contributed by atoms with E-state index in [1.165, 1.54) is 0 Å². The Morgan fingerprint density at radius 2 is 1.89 bits per heavy atom. The van der Waals surface area contributed by atoms with Crippen molar-refractivity contribution < 1.29 is 9.59 Å². The molecule has 6 heteroatoms. The molecule has 0 fully saturated rings. The van der Waals surface area contributed by atoms with Crippen molar-refractivity contribution in [3.8, 4) is 0 Å². The molecule has 0 aliphatic heterocycles. The van der Waals surface area contributed by atoms with Gasteiger partial charge in [-0.1, -0.05) is 33.6 Å². The molecule has 0 saturated heterocycles. The number of nitrogens with two attached hydrogens (primary N) is 2. The van der Waals surface area contributed by atoms with Crippen LogP contribution in [0.5, 0.6) is 0 Å². The van der Waals surface area contributed by atoms with Gasteiger partial charge in [0.15, 0.2) is 0 Å². The normalized spacial score (nSPS) is 15.7. The van der Waals surface area contributed by atoms with E-state index in [0.717, 1.165) is 12.8 Å². The topological polar surface area (TPSA) is 110 Å². The summed E-state index contributed by atoms with van der Waals surface area (Å²) < 4.78 is 0. The van der Waals surface area contributed by atoms with Gasteiger partial charge in [-0.2, -0.15) is 0 Å². The van der Waals surface area contributed by atoms with Crippen LogP contribution in [0.2, 0.25) is 0 Å². The molecule has 0 bridgehead atoms. The van der Waals surface area contributed by atoms with Gasteiger partial charge in [0.05, 0.1) is 5.54 Å². The van der Waals surface area contributed by atoms with Crippen LogP contribution in [0.3, 0.4) is 0 Å². The highest BCUT2D eigenvalue weighted by Crippen LogP contribution is 2.15. The number of amides is 3. The molecule has 112 valence electrons. The highest BCUT2D eigenvalue weighted by Gasteiger charge is 2.31. The molecule has 0 aromatic heterocycles. The fourth-order valence-corrected chi connectivity index (χ4v) is 1.65. The van der Waals surface area contributed by atoms with E-state index in [1.54, 1.807) is 0 Å². The van der Waals surface area contributed by atoms with Crippen LogP contribution in [0.15, 0.2) is 0 Å². The Hall–Kier alpha value is -1.30. The molecule has 2 unspecified atom stereocenters. The van der Waals surface area contributed by atoms with Gasteiger partial charge in [0.25, 0.3) is 0 Å². The quantitative estimate of drug-likeness (QED) is 0.522. The third-order valence-electron chi connectivity index (χ3n) is 3.59. The van der Waals surface area contributed by atoms with Crippen LogP contribution in [0.25, 0.3) is 0 Å². The lowest BCUT2D eigenvalue weighted by molar-refractivity contribution is -0.125. The number of carbonyl (C=O) groups is 2. The molecule has 0 aromatic rings. The maximum atomic E-state index is 12.2. The molecule has 0 aliphatic carbocycles. The smallest absolute Gasteiger partial charge is 0.312 e. The number of urea groups is 1. The predicted octanol–water partition coefficient (Wildman–Crippen LogP) is 0.703. The van der Waals surface area contributed by atoms with Crippen molar-refractivity contribution in [2.45, 2.75) is 58.5 Å². The minimum absolute atomic E-state index is 0.196. The average Bonchev–Trinajstić information content (AvgIpc) is 2.33. The molecule has 6 nitrogen and oxygen atoms in total. The van der Waals surface area contributed by atoms with Crippen LogP contribution in [-0.4, -0.2) is 30.1 Å². The van der Waals surface area contributed by atoms with Crippen molar-refractivity contribution in [1.82, 2.24) is 10.6 Å². The van der Waals surface area contributed by atoms with Gasteiger partial charge in [0.2, 0.25) is 5.91 Å². The number of hydrogen-bond donors (Lipinski definition) is 4. The summed E-state index contributed by atoms with van der Waals surface area (Å²) in [7, 11) is 0. The van der Waals surface area contributed by atoms with Crippen LogP contribution in [0.1, 0.15) is 47.0 Å². The van der Waals surface area contributed by atoms with E-state index < -0.39 is 17.6 Å². The fourth-order valence-electron chi connectivity index (χ4n) is 1.65. The minimum atomic E-state index is -0.685. The molecule has 19 heavy (non-hydrogen) atoms. The zero-order chi connectivity index (χ0) is 15.1. The van der Waals surface area contributed by atoms with Gasteiger partial charge >= 0.3 is 6.03 Å². The van der Waals surface area contributed by atoms with Crippen molar-refractivity contribution in [2.24, 2.45) is 17.4 Å². The van der Waals surface area contributed by atoms with Gasteiger partial charge in [-0.25, -0.2) is 4.79 Å². The van der Waals surface area contributed by atoms with Crippen LogP contribution in [0.4, 0.5) is 4.79 Å². The zero-order valence-corrected chi connectivity index (χ0v) is 12.5.